The number of aryl methyl sites for hydroxylation is 2. The van der Waals surface area contributed by atoms with E-state index in [9.17, 15) is 18.0 Å². The molecule has 0 saturated heterocycles. The molecule has 0 fully saturated rings. The van der Waals surface area contributed by atoms with Crippen molar-refractivity contribution in [3.05, 3.63) is 45.5 Å². The number of aromatic nitrogens is 4. The average Bonchev–Trinajstić information content (AvgIpc) is 3.14. The highest BCUT2D eigenvalue weighted by atomic mass is 35.5. The third-order valence-corrected chi connectivity index (χ3v) is 4.96. The quantitative estimate of drug-likeness (QED) is 0.555. The minimum atomic E-state index is -4.70. The summed E-state index contributed by atoms with van der Waals surface area (Å²) in [4.78, 5) is 19.8. The summed E-state index contributed by atoms with van der Waals surface area (Å²) in [6.45, 7) is 3.84. The third-order valence-electron chi connectivity index (χ3n) is 4.68. The standard InChI is InChI=1S/C19H16ClF3N4O4/c1-9-12(10(2)27-18(24-9)25-17(26-27)19(21,22)23)7-15(28)31-8-11-5-13(20)16-14(6-11)29-3-4-30-16/h5-6H,3-4,7-8H2,1-2H3. The van der Waals surface area contributed by atoms with E-state index in [0.29, 0.717) is 52.3 Å². The monoisotopic (exact) mass is 456 g/mol. The van der Waals surface area contributed by atoms with Crippen molar-refractivity contribution in [1.29, 1.82) is 0 Å². The van der Waals surface area contributed by atoms with Crippen molar-refractivity contribution in [2.45, 2.75) is 33.1 Å². The number of esters is 1. The Morgan fingerprint density at radius 1 is 1.23 bits per heavy atom. The van der Waals surface area contributed by atoms with Crippen LogP contribution in [0.25, 0.3) is 5.78 Å². The molecule has 1 aromatic carbocycles. The highest BCUT2D eigenvalue weighted by Gasteiger charge is 2.37. The lowest BCUT2D eigenvalue weighted by molar-refractivity contribution is -0.145. The number of hydrogen-bond acceptors (Lipinski definition) is 7. The third kappa shape index (κ3) is 4.22. The van der Waals surface area contributed by atoms with Crippen molar-refractivity contribution in [3.8, 4) is 11.5 Å². The summed E-state index contributed by atoms with van der Waals surface area (Å²) in [5.41, 5.74) is 1.71. The van der Waals surface area contributed by atoms with Crippen LogP contribution in [0.4, 0.5) is 13.2 Å². The topological polar surface area (TPSA) is 87.8 Å². The first kappa shape index (κ1) is 21.2. The molecule has 3 heterocycles. The van der Waals surface area contributed by atoms with Crippen LogP contribution in [-0.2, 0) is 28.7 Å². The Bertz CT molecular complexity index is 1180. The van der Waals surface area contributed by atoms with Gasteiger partial charge in [-0.05, 0) is 31.5 Å². The normalized spacial score (nSPS) is 13.5. The lowest BCUT2D eigenvalue weighted by atomic mass is 10.1. The van der Waals surface area contributed by atoms with Gasteiger partial charge >= 0.3 is 12.1 Å². The number of rotatable bonds is 4. The molecule has 0 saturated carbocycles. The van der Waals surface area contributed by atoms with E-state index in [4.69, 9.17) is 25.8 Å². The van der Waals surface area contributed by atoms with Crippen molar-refractivity contribution >= 4 is 23.3 Å². The van der Waals surface area contributed by atoms with E-state index in [1.807, 2.05) is 0 Å². The van der Waals surface area contributed by atoms with Crippen LogP contribution in [0.2, 0.25) is 5.02 Å². The summed E-state index contributed by atoms with van der Waals surface area (Å²) in [6.07, 6.45) is -4.89. The first-order chi connectivity index (χ1) is 14.6. The molecule has 0 atom stereocenters. The largest absolute Gasteiger partial charge is 0.486 e. The molecule has 0 radical (unpaired) electrons. The summed E-state index contributed by atoms with van der Waals surface area (Å²) < 4.78 is 55.9. The van der Waals surface area contributed by atoms with Crippen LogP contribution in [0, 0.1) is 13.8 Å². The number of benzene rings is 1. The minimum Gasteiger partial charge on any atom is -0.486 e. The van der Waals surface area contributed by atoms with Gasteiger partial charge in [-0.1, -0.05) is 11.6 Å². The van der Waals surface area contributed by atoms with Gasteiger partial charge in [0.15, 0.2) is 11.5 Å². The Labute approximate surface area is 178 Å². The summed E-state index contributed by atoms with van der Waals surface area (Å²) in [5, 5.41) is 3.81. The lowest BCUT2D eigenvalue weighted by Gasteiger charge is -2.20. The number of alkyl halides is 3. The Morgan fingerprint density at radius 2 is 1.97 bits per heavy atom. The van der Waals surface area contributed by atoms with Crippen LogP contribution >= 0.6 is 11.6 Å². The fourth-order valence-electron chi connectivity index (χ4n) is 3.19. The molecule has 0 spiro atoms. The Balaban J connectivity index is 1.50. The molecule has 3 aromatic rings. The number of ether oxygens (including phenoxy) is 3. The highest BCUT2D eigenvalue weighted by molar-refractivity contribution is 6.32. The number of hydrogen-bond donors (Lipinski definition) is 0. The van der Waals surface area contributed by atoms with Crippen molar-refractivity contribution in [2.24, 2.45) is 0 Å². The predicted octanol–water partition coefficient (Wildman–Crippen LogP) is 3.47. The number of nitrogens with zero attached hydrogens (tertiary/aromatic N) is 4. The van der Waals surface area contributed by atoms with Gasteiger partial charge in [0.25, 0.3) is 11.6 Å². The maximum absolute atomic E-state index is 12.9. The number of halogens is 4. The summed E-state index contributed by atoms with van der Waals surface area (Å²) in [5.74, 6) is -1.16. The van der Waals surface area contributed by atoms with Gasteiger partial charge in [-0.15, -0.1) is 5.10 Å². The zero-order chi connectivity index (χ0) is 22.3. The maximum Gasteiger partial charge on any atom is 0.453 e. The first-order valence-corrected chi connectivity index (χ1v) is 9.55. The number of carbonyl (C=O) groups is 1. The van der Waals surface area contributed by atoms with Gasteiger partial charge in [-0.2, -0.15) is 18.2 Å². The van der Waals surface area contributed by atoms with Gasteiger partial charge in [-0.25, -0.2) is 9.50 Å². The van der Waals surface area contributed by atoms with Crippen molar-refractivity contribution in [3.63, 3.8) is 0 Å². The number of fused-ring (bicyclic) bond motifs is 2. The summed E-state index contributed by atoms with van der Waals surface area (Å²) >= 11 is 6.17. The van der Waals surface area contributed by atoms with Gasteiger partial charge in [-0.3, -0.25) is 4.79 Å². The Hall–Kier alpha value is -3.08. The van der Waals surface area contributed by atoms with E-state index in [0.717, 1.165) is 4.52 Å². The van der Waals surface area contributed by atoms with E-state index < -0.39 is 18.0 Å². The Kier molecular flexibility index (Phi) is 5.38. The molecule has 0 bridgehead atoms. The van der Waals surface area contributed by atoms with E-state index in [1.54, 1.807) is 26.0 Å². The van der Waals surface area contributed by atoms with Crippen molar-refractivity contribution in [2.75, 3.05) is 13.2 Å². The van der Waals surface area contributed by atoms with Gasteiger partial charge in [0.1, 0.15) is 19.8 Å². The molecule has 1 aliphatic rings. The molecule has 0 N–H and O–H groups in total. The fourth-order valence-corrected chi connectivity index (χ4v) is 3.48. The smallest absolute Gasteiger partial charge is 0.453 e. The van der Waals surface area contributed by atoms with Gasteiger partial charge in [0.2, 0.25) is 0 Å². The first-order valence-electron chi connectivity index (χ1n) is 9.17. The second-order valence-electron chi connectivity index (χ2n) is 6.85. The minimum absolute atomic E-state index is 0.0650. The van der Waals surface area contributed by atoms with Crippen LogP contribution in [-0.4, -0.2) is 38.8 Å². The van der Waals surface area contributed by atoms with E-state index in [2.05, 4.69) is 15.1 Å². The molecule has 0 aliphatic carbocycles. The molecular weight excluding hydrogens is 441 g/mol. The molecule has 0 unspecified atom stereocenters. The molecule has 31 heavy (non-hydrogen) atoms. The Morgan fingerprint density at radius 3 is 2.71 bits per heavy atom. The second kappa shape index (κ2) is 7.88. The van der Waals surface area contributed by atoms with Gasteiger partial charge < -0.3 is 14.2 Å². The van der Waals surface area contributed by atoms with Crippen LogP contribution in [0.15, 0.2) is 12.1 Å². The second-order valence-corrected chi connectivity index (χ2v) is 7.25. The lowest BCUT2D eigenvalue weighted by Crippen LogP contribution is -2.16. The molecule has 2 aromatic heterocycles. The zero-order valence-corrected chi connectivity index (χ0v) is 17.2. The number of carbonyl (C=O) groups excluding carboxylic acids is 1. The summed E-state index contributed by atoms with van der Waals surface area (Å²) in [6, 6.07) is 3.28. The van der Waals surface area contributed by atoms with Crippen LogP contribution in [0.5, 0.6) is 11.5 Å². The maximum atomic E-state index is 12.9. The molecule has 12 heteroatoms. The van der Waals surface area contributed by atoms with Crippen molar-refractivity contribution < 1.29 is 32.2 Å². The van der Waals surface area contributed by atoms with E-state index in [-0.39, 0.29) is 18.8 Å². The highest BCUT2D eigenvalue weighted by Crippen LogP contribution is 2.38. The summed E-state index contributed by atoms with van der Waals surface area (Å²) in [7, 11) is 0. The predicted molar refractivity (Wildman–Crippen MR) is 101 cm³/mol. The van der Waals surface area contributed by atoms with Crippen LogP contribution in [0.3, 0.4) is 0 Å². The van der Waals surface area contributed by atoms with Crippen molar-refractivity contribution in [1.82, 2.24) is 19.6 Å². The van der Waals surface area contributed by atoms with E-state index in [1.165, 1.54) is 0 Å². The zero-order valence-electron chi connectivity index (χ0n) is 16.4. The van der Waals surface area contributed by atoms with Crippen LogP contribution < -0.4 is 9.47 Å². The van der Waals surface area contributed by atoms with Gasteiger partial charge in [0.05, 0.1) is 11.4 Å². The van der Waals surface area contributed by atoms with E-state index >= 15 is 0 Å². The molecule has 4 rings (SSSR count). The fraction of sp³-hybridized carbons (Fsp3) is 0.368. The molecule has 1 aliphatic heterocycles. The molecular formula is C19H16ClF3N4O4. The average molecular weight is 457 g/mol. The van der Waals surface area contributed by atoms with Gasteiger partial charge in [0, 0.05) is 17.0 Å². The molecule has 164 valence electrons. The SMILES string of the molecule is Cc1nc2nc(C(F)(F)F)nn2c(C)c1CC(=O)OCc1cc(Cl)c2c(c1)OCCO2. The molecule has 8 nitrogen and oxygen atoms in total. The van der Waals surface area contributed by atoms with Crippen LogP contribution in [0.1, 0.15) is 28.3 Å². The molecule has 0 amide bonds.